The number of rotatable bonds is 0. The summed E-state index contributed by atoms with van der Waals surface area (Å²) in [7, 11) is 0. The normalized spacial score (nSPS) is 10.1. The number of pyridine rings is 3. The number of hydrogen-bond acceptors (Lipinski definition) is 3. The Labute approximate surface area is 99.9 Å². The fraction of sp³-hybridized carbons (Fsp3) is 0. The summed E-state index contributed by atoms with van der Waals surface area (Å²) in [5.41, 5.74) is 2.57. The van der Waals surface area contributed by atoms with E-state index in [0.717, 1.165) is 21.9 Å². The van der Waals surface area contributed by atoms with Crippen molar-refractivity contribution in [1.29, 1.82) is 0 Å². The van der Waals surface area contributed by atoms with E-state index < -0.39 is 0 Å². The SMILES string of the molecule is [Ir].[c-]1ccnc2cnc3cccnc3c12. The molecule has 0 spiro atoms. The van der Waals surface area contributed by atoms with Crippen LogP contribution in [0.3, 0.4) is 0 Å². The Morgan fingerprint density at radius 2 is 1.93 bits per heavy atom. The van der Waals surface area contributed by atoms with Gasteiger partial charge in [0.05, 0.1) is 0 Å². The van der Waals surface area contributed by atoms with Crippen LogP contribution in [-0.4, -0.2) is 15.0 Å². The van der Waals surface area contributed by atoms with Crippen molar-refractivity contribution in [2.45, 2.75) is 0 Å². The standard InChI is InChI=1S/C11H6N3.Ir/c1-3-8-10(12-5-1)7-14-9-4-2-6-13-11(8)9;/h1-2,4-7H;/q-1;. The van der Waals surface area contributed by atoms with Gasteiger partial charge in [0.25, 0.3) is 0 Å². The van der Waals surface area contributed by atoms with Gasteiger partial charge in [0.15, 0.2) is 0 Å². The monoisotopic (exact) mass is 373 g/mol. The van der Waals surface area contributed by atoms with Crippen LogP contribution in [0.25, 0.3) is 21.9 Å². The van der Waals surface area contributed by atoms with Crippen LogP contribution in [0.15, 0.2) is 36.8 Å². The number of aromatic nitrogens is 3. The van der Waals surface area contributed by atoms with Gasteiger partial charge in [-0.25, -0.2) is 0 Å². The maximum Gasteiger partial charge on any atom is 0.0466 e. The molecule has 0 amide bonds. The molecule has 0 aliphatic carbocycles. The van der Waals surface area contributed by atoms with E-state index in [1.54, 1.807) is 24.7 Å². The molecule has 0 saturated heterocycles. The van der Waals surface area contributed by atoms with Crippen molar-refractivity contribution >= 4 is 21.9 Å². The molecule has 0 N–H and O–H groups in total. The quantitative estimate of drug-likeness (QED) is 0.447. The second-order valence-corrected chi connectivity index (χ2v) is 2.98. The zero-order valence-corrected chi connectivity index (χ0v) is 10.0. The van der Waals surface area contributed by atoms with Crippen molar-refractivity contribution < 1.29 is 20.1 Å². The zero-order chi connectivity index (χ0) is 9.38. The molecule has 3 heterocycles. The first-order valence-corrected chi connectivity index (χ1v) is 4.31. The molecular formula is C11H6IrN3-. The van der Waals surface area contributed by atoms with Crippen LogP contribution < -0.4 is 0 Å². The first kappa shape index (κ1) is 10.1. The molecule has 15 heavy (non-hydrogen) atoms. The smallest absolute Gasteiger partial charge is 0.0466 e. The maximum atomic E-state index is 4.28. The topological polar surface area (TPSA) is 38.7 Å². The molecule has 0 saturated carbocycles. The molecule has 0 atom stereocenters. The predicted molar refractivity (Wildman–Crippen MR) is 53.7 cm³/mol. The number of fused-ring (bicyclic) bond motifs is 3. The van der Waals surface area contributed by atoms with Crippen molar-refractivity contribution in [3.05, 3.63) is 42.9 Å². The van der Waals surface area contributed by atoms with Crippen LogP contribution in [-0.2, 0) is 20.1 Å². The van der Waals surface area contributed by atoms with Crippen LogP contribution in [0, 0.1) is 6.07 Å². The van der Waals surface area contributed by atoms with E-state index in [1.165, 1.54) is 0 Å². The van der Waals surface area contributed by atoms with Crippen LogP contribution >= 0.6 is 0 Å². The summed E-state index contributed by atoms with van der Waals surface area (Å²) < 4.78 is 0. The van der Waals surface area contributed by atoms with Crippen molar-refractivity contribution in [1.82, 2.24) is 15.0 Å². The zero-order valence-electron chi connectivity index (χ0n) is 7.64. The molecular weight excluding hydrogens is 366 g/mol. The van der Waals surface area contributed by atoms with Gasteiger partial charge in [-0.05, 0) is 17.6 Å². The summed E-state index contributed by atoms with van der Waals surface area (Å²) in [4.78, 5) is 12.7. The molecule has 0 unspecified atom stereocenters. The molecule has 3 rings (SSSR count). The van der Waals surface area contributed by atoms with Crippen LogP contribution in [0.5, 0.6) is 0 Å². The van der Waals surface area contributed by atoms with Crippen molar-refractivity contribution in [2.24, 2.45) is 0 Å². The molecule has 3 aromatic rings. The minimum atomic E-state index is 0. The first-order valence-electron chi connectivity index (χ1n) is 4.31. The second kappa shape index (κ2) is 4.01. The van der Waals surface area contributed by atoms with E-state index in [9.17, 15) is 0 Å². The average Bonchev–Trinajstić information content (AvgIpc) is 2.29. The molecule has 0 bridgehead atoms. The van der Waals surface area contributed by atoms with Gasteiger partial charge in [0.2, 0.25) is 0 Å². The Bertz CT molecular complexity index is 555. The van der Waals surface area contributed by atoms with Crippen molar-refractivity contribution in [3.63, 3.8) is 0 Å². The Balaban J connectivity index is 0.000000853. The van der Waals surface area contributed by atoms with E-state index in [1.807, 2.05) is 12.1 Å². The minimum absolute atomic E-state index is 0. The van der Waals surface area contributed by atoms with E-state index in [0.29, 0.717) is 0 Å². The Morgan fingerprint density at radius 1 is 1.00 bits per heavy atom. The van der Waals surface area contributed by atoms with Crippen LogP contribution in [0.4, 0.5) is 0 Å². The third-order valence-electron chi connectivity index (χ3n) is 2.12. The second-order valence-electron chi connectivity index (χ2n) is 2.98. The predicted octanol–water partition coefficient (Wildman–Crippen LogP) is 1.98. The van der Waals surface area contributed by atoms with E-state index in [2.05, 4.69) is 21.0 Å². The molecule has 0 aromatic carbocycles. The number of hydrogen-bond donors (Lipinski definition) is 0. The van der Waals surface area contributed by atoms with Gasteiger partial charge in [0.1, 0.15) is 0 Å². The molecule has 0 fully saturated rings. The fourth-order valence-corrected chi connectivity index (χ4v) is 1.49. The van der Waals surface area contributed by atoms with Gasteiger partial charge in [-0.15, -0.1) is 12.1 Å². The van der Waals surface area contributed by atoms with E-state index in [4.69, 9.17) is 0 Å². The molecule has 1 radical (unpaired) electrons. The Kier molecular flexibility index (Phi) is 2.71. The van der Waals surface area contributed by atoms with Crippen molar-refractivity contribution in [3.8, 4) is 0 Å². The Hall–Kier alpha value is -1.38. The summed E-state index contributed by atoms with van der Waals surface area (Å²) in [6.07, 6.45) is 5.21. The van der Waals surface area contributed by atoms with Gasteiger partial charge in [-0.2, -0.15) is 0 Å². The fourth-order valence-electron chi connectivity index (χ4n) is 1.49. The van der Waals surface area contributed by atoms with Gasteiger partial charge >= 0.3 is 0 Å². The third-order valence-corrected chi connectivity index (χ3v) is 2.12. The van der Waals surface area contributed by atoms with Gasteiger partial charge in [0, 0.05) is 43.5 Å². The average molecular weight is 372 g/mol. The summed E-state index contributed by atoms with van der Waals surface area (Å²) in [6, 6.07) is 8.72. The summed E-state index contributed by atoms with van der Waals surface area (Å²) in [5.74, 6) is 0. The van der Waals surface area contributed by atoms with Crippen LogP contribution in [0.2, 0.25) is 0 Å². The maximum absolute atomic E-state index is 4.28. The van der Waals surface area contributed by atoms with Crippen LogP contribution in [0.1, 0.15) is 0 Å². The van der Waals surface area contributed by atoms with E-state index >= 15 is 0 Å². The Morgan fingerprint density at radius 3 is 2.87 bits per heavy atom. The molecule has 4 heteroatoms. The summed E-state index contributed by atoms with van der Waals surface area (Å²) >= 11 is 0. The number of nitrogens with zero attached hydrogens (tertiary/aromatic N) is 3. The summed E-state index contributed by atoms with van der Waals surface area (Å²) in [5, 5.41) is 0.929. The molecule has 75 valence electrons. The molecule has 0 aliphatic rings. The van der Waals surface area contributed by atoms with Gasteiger partial charge < -0.3 is 9.97 Å². The van der Waals surface area contributed by atoms with Gasteiger partial charge in [-0.1, -0.05) is 11.6 Å². The molecule has 3 aromatic heterocycles. The van der Waals surface area contributed by atoms with Crippen molar-refractivity contribution in [2.75, 3.05) is 0 Å². The molecule has 3 nitrogen and oxygen atoms in total. The molecule has 0 aliphatic heterocycles. The van der Waals surface area contributed by atoms with E-state index in [-0.39, 0.29) is 20.1 Å². The first-order chi connectivity index (χ1) is 6.95. The minimum Gasteiger partial charge on any atom is -0.351 e. The van der Waals surface area contributed by atoms with Gasteiger partial charge in [-0.3, -0.25) is 4.98 Å². The largest absolute Gasteiger partial charge is 0.351 e. The summed E-state index contributed by atoms with van der Waals surface area (Å²) in [6.45, 7) is 0. The third kappa shape index (κ3) is 1.62.